The molecule has 1 aromatic rings. The summed E-state index contributed by atoms with van der Waals surface area (Å²) in [6, 6.07) is 7.97. The van der Waals surface area contributed by atoms with Crippen LogP contribution in [-0.4, -0.2) is 11.3 Å². The second-order valence-corrected chi connectivity index (χ2v) is 4.31. The zero-order valence-electron chi connectivity index (χ0n) is 9.82. The van der Waals surface area contributed by atoms with Crippen molar-refractivity contribution in [3.05, 3.63) is 29.8 Å². The van der Waals surface area contributed by atoms with Gasteiger partial charge in [-0.25, -0.2) is 0 Å². The minimum absolute atomic E-state index is 0.411. The molecule has 0 aromatic heterocycles. The smallest absolute Gasteiger partial charge is 0.191 e. The van der Waals surface area contributed by atoms with E-state index >= 15 is 0 Å². The lowest BCUT2D eigenvalue weighted by atomic mass is 10.2. The molecule has 0 saturated carbocycles. The number of nitrogens with zero attached hydrogens (tertiary/aromatic N) is 1. The van der Waals surface area contributed by atoms with Gasteiger partial charge >= 0.3 is 0 Å². The topological polar surface area (TPSA) is 36.4 Å². The molecule has 0 atom stereocenters. The van der Waals surface area contributed by atoms with E-state index in [2.05, 4.69) is 29.7 Å². The molecule has 0 radical (unpaired) electrons. The van der Waals surface area contributed by atoms with Crippen LogP contribution < -0.4 is 10.7 Å². The Balaban J connectivity index is 2.49. The standard InChI is InChI=1S/C12H17N3S/c1-9(2)8-13-15-12(16)14-11-7-5-4-6-10(11)3/h4-9H,1-3H3,(H2,14,15,16)/b13-8+. The van der Waals surface area contributed by atoms with Gasteiger partial charge in [0.2, 0.25) is 0 Å². The van der Waals surface area contributed by atoms with Crippen molar-refractivity contribution in [1.82, 2.24) is 5.43 Å². The van der Waals surface area contributed by atoms with Gasteiger partial charge in [0.05, 0.1) is 0 Å². The third kappa shape index (κ3) is 4.40. The van der Waals surface area contributed by atoms with Gasteiger partial charge in [0.1, 0.15) is 0 Å². The predicted molar refractivity (Wildman–Crippen MR) is 73.9 cm³/mol. The van der Waals surface area contributed by atoms with Gasteiger partial charge in [0.15, 0.2) is 5.11 Å². The zero-order valence-corrected chi connectivity index (χ0v) is 10.6. The van der Waals surface area contributed by atoms with E-state index in [1.54, 1.807) is 0 Å². The van der Waals surface area contributed by atoms with Crippen molar-refractivity contribution in [3.63, 3.8) is 0 Å². The highest BCUT2D eigenvalue weighted by Gasteiger charge is 1.98. The maximum absolute atomic E-state index is 5.11. The van der Waals surface area contributed by atoms with Crippen molar-refractivity contribution in [1.29, 1.82) is 0 Å². The number of hydrogen-bond donors (Lipinski definition) is 2. The molecule has 0 spiro atoms. The summed E-state index contributed by atoms with van der Waals surface area (Å²) in [7, 11) is 0. The van der Waals surface area contributed by atoms with E-state index < -0.39 is 0 Å². The normalized spacial score (nSPS) is 10.8. The lowest BCUT2D eigenvalue weighted by Crippen LogP contribution is -2.24. The van der Waals surface area contributed by atoms with E-state index in [1.807, 2.05) is 37.4 Å². The van der Waals surface area contributed by atoms with Crippen molar-refractivity contribution >= 4 is 29.2 Å². The summed E-state index contributed by atoms with van der Waals surface area (Å²) in [5.74, 6) is 0.411. The lowest BCUT2D eigenvalue weighted by molar-refractivity contribution is 0.886. The first-order valence-corrected chi connectivity index (χ1v) is 5.66. The number of thiocarbonyl (C=S) groups is 1. The summed E-state index contributed by atoms with van der Waals surface area (Å²) in [6.45, 7) is 6.15. The van der Waals surface area contributed by atoms with Crippen LogP contribution in [0.5, 0.6) is 0 Å². The second kappa shape index (κ2) is 6.23. The molecule has 0 aliphatic heterocycles. The lowest BCUT2D eigenvalue weighted by Gasteiger charge is -2.09. The van der Waals surface area contributed by atoms with Gasteiger partial charge < -0.3 is 5.32 Å². The fourth-order valence-corrected chi connectivity index (χ4v) is 1.27. The van der Waals surface area contributed by atoms with Gasteiger partial charge in [0.25, 0.3) is 0 Å². The Morgan fingerprint density at radius 2 is 2.06 bits per heavy atom. The fraction of sp³-hybridized carbons (Fsp3) is 0.333. The van der Waals surface area contributed by atoms with E-state index in [0.717, 1.165) is 11.3 Å². The molecule has 0 bridgehead atoms. The van der Waals surface area contributed by atoms with E-state index in [9.17, 15) is 0 Å². The van der Waals surface area contributed by atoms with E-state index in [1.165, 1.54) is 0 Å². The van der Waals surface area contributed by atoms with E-state index in [4.69, 9.17) is 12.2 Å². The van der Waals surface area contributed by atoms with Gasteiger partial charge in [-0.1, -0.05) is 32.0 Å². The first-order chi connectivity index (χ1) is 7.59. The van der Waals surface area contributed by atoms with Gasteiger partial charge in [-0.05, 0) is 36.7 Å². The first kappa shape index (κ1) is 12.6. The van der Waals surface area contributed by atoms with Crippen LogP contribution in [0, 0.1) is 12.8 Å². The molecule has 0 unspecified atom stereocenters. The monoisotopic (exact) mass is 235 g/mol. The molecule has 1 aromatic carbocycles. The van der Waals surface area contributed by atoms with Gasteiger partial charge in [-0.3, -0.25) is 5.43 Å². The molecule has 4 heteroatoms. The Labute approximate surface area is 102 Å². The Morgan fingerprint density at radius 1 is 1.38 bits per heavy atom. The molecule has 0 saturated heterocycles. The van der Waals surface area contributed by atoms with Crippen molar-refractivity contribution in [2.75, 3.05) is 5.32 Å². The minimum atomic E-state index is 0.411. The molecule has 0 amide bonds. The third-order valence-electron chi connectivity index (χ3n) is 1.93. The number of aryl methyl sites for hydroxylation is 1. The van der Waals surface area contributed by atoms with Crippen LogP contribution in [0.25, 0.3) is 0 Å². The molecule has 0 heterocycles. The minimum Gasteiger partial charge on any atom is -0.331 e. The van der Waals surface area contributed by atoms with Gasteiger partial charge in [-0.2, -0.15) is 5.10 Å². The Hall–Kier alpha value is -1.42. The molecular weight excluding hydrogens is 218 g/mol. The van der Waals surface area contributed by atoms with Crippen LogP contribution in [0.4, 0.5) is 5.69 Å². The average molecular weight is 235 g/mol. The number of benzene rings is 1. The SMILES string of the molecule is Cc1ccccc1NC(=S)N/N=C/C(C)C. The van der Waals surface area contributed by atoms with Crippen LogP contribution in [0.2, 0.25) is 0 Å². The van der Waals surface area contributed by atoms with Gasteiger partial charge in [0, 0.05) is 11.9 Å². The number of hydrogen-bond acceptors (Lipinski definition) is 2. The summed E-state index contributed by atoms with van der Waals surface area (Å²) in [5.41, 5.74) is 4.93. The van der Waals surface area contributed by atoms with Crippen LogP contribution >= 0.6 is 12.2 Å². The van der Waals surface area contributed by atoms with Gasteiger partial charge in [-0.15, -0.1) is 0 Å². The number of para-hydroxylation sites is 1. The number of nitrogens with one attached hydrogen (secondary N) is 2. The van der Waals surface area contributed by atoms with Crippen molar-refractivity contribution < 1.29 is 0 Å². The molecule has 2 N–H and O–H groups in total. The van der Waals surface area contributed by atoms with Crippen LogP contribution in [0.15, 0.2) is 29.4 Å². The largest absolute Gasteiger partial charge is 0.331 e. The third-order valence-corrected chi connectivity index (χ3v) is 2.13. The summed E-state index contributed by atoms with van der Waals surface area (Å²) in [4.78, 5) is 0. The van der Waals surface area contributed by atoms with Crippen molar-refractivity contribution in [3.8, 4) is 0 Å². The molecule has 0 aliphatic rings. The molecule has 3 nitrogen and oxygen atoms in total. The molecule has 86 valence electrons. The van der Waals surface area contributed by atoms with Crippen LogP contribution in [0.1, 0.15) is 19.4 Å². The molecular formula is C12H17N3S. The fourth-order valence-electron chi connectivity index (χ4n) is 1.11. The zero-order chi connectivity index (χ0) is 12.0. The highest BCUT2D eigenvalue weighted by Crippen LogP contribution is 2.12. The highest BCUT2D eigenvalue weighted by atomic mass is 32.1. The summed E-state index contributed by atoms with van der Waals surface area (Å²) >= 11 is 5.11. The van der Waals surface area contributed by atoms with Crippen LogP contribution in [0.3, 0.4) is 0 Å². The molecule has 0 fully saturated rings. The maximum atomic E-state index is 5.11. The Morgan fingerprint density at radius 3 is 2.69 bits per heavy atom. The average Bonchev–Trinajstić information content (AvgIpc) is 2.21. The quantitative estimate of drug-likeness (QED) is 0.480. The predicted octanol–water partition coefficient (Wildman–Crippen LogP) is 2.92. The second-order valence-electron chi connectivity index (χ2n) is 3.90. The van der Waals surface area contributed by atoms with Crippen molar-refractivity contribution in [2.24, 2.45) is 11.0 Å². The maximum Gasteiger partial charge on any atom is 0.191 e. The summed E-state index contributed by atoms with van der Waals surface area (Å²) < 4.78 is 0. The molecule has 1 rings (SSSR count). The summed E-state index contributed by atoms with van der Waals surface area (Å²) in [5, 5.41) is 7.61. The number of hydrazone groups is 1. The molecule has 16 heavy (non-hydrogen) atoms. The number of anilines is 1. The highest BCUT2D eigenvalue weighted by molar-refractivity contribution is 7.80. The molecule has 0 aliphatic carbocycles. The number of rotatable bonds is 3. The Kier molecular flexibility index (Phi) is 4.92. The summed E-state index contributed by atoms with van der Waals surface area (Å²) in [6.07, 6.45) is 1.81. The van der Waals surface area contributed by atoms with E-state index in [0.29, 0.717) is 11.0 Å². The first-order valence-electron chi connectivity index (χ1n) is 5.25. The van der Waals surface area contributed by atoms with E-state index in [-0.39, 0.29) is 0 Å². The van der Waals surface area contributed by atoms with Crippen LogP contribution in [-0.2, 0) is 0 Å². The van der Waals surface area contributed by atoms with Crippen molar-refractivity contribution in [2.45, 2.75) is 20.8 Å². The Bertz CT molecular complexity index is 386.